The fourth-order valence-electron chi connectivity index (χ4n) is 8.46. The number of unbranched alkanes of at least 4 members (excludes halogenated alkanes) is 16. The summed E-state index contributed by atoms with van der Waals surface area (Å²) >= 11 is 10.0. The second kappa shape index (κ2) is 27.4. The van der Waals surface area contributed by atoms with Crippen molar-refractivity contribution in [2.45, 2.75) is 195 Å². The summed E-state index contributed by atoms with van der Waals surface area (Å²) < 4.78 is 0. The third-order valence-electron chi connectivity index (χ3n) is 12.0. The lowest BCUT2D eigenvalue weighted by molar-refractivity contribution is 0.404. The molecule has 0 saturated carbocycles. The predicted octanol–water partition coefficient (Wildman–Crippen LogP) is 20.4. The van der Waals surface area contributed by atoms with Crippen LogP contribution in [0.1, 0.15) is 192 Å². The Kier molecular flexibility index (Phi) is 22.4. The van der Waals surface area contributed by atoms with E-state index in [1.165, 1.54) is 206 Å². The first-order valence-corrected chi connectivity index (χ1v) is 27.7. The summed E-state index contributed by atoms with van der Waals surface area (Å²) in [4.78, 5) is 14.5. The Balaban J connectivity index is 1.15. The molecule has 0 aliphatic heterocycles. The maximum absolute atomic E-state index is 2.44. The molecular formula is C52H76S5. The largest absolute Gasteiger partial charge is 0.139 e. The summed E-state index contributed by atoms with van der Waals surface area (Å²) in [7, 11) is 0. The average Bonchev–Trinajstić information content (AvgIpc) is 4.07. The normalized spacial score (nSPS) is 12.8. The van der Waals surface area contributed by atoms with Gasteiger partial charge >= 0.3 is 0 Å². The Labute approximate surface area is 370 Å². The molecule has 2 atom stereocenters. The fourth-order valence-corrected chi connectivity index (χ4v) is 14.1. The molecule has 0 aliphatic rings. The molecule has 0 fully saturated rings. The average molecular weight is 862 g/mol. The van der Waals surface area contributed by atoms with Crippen molar-refractivity contribution in [3.63, 3.8) is 0 Å². The Morgan fingerprint density at radius 3 is 0.807 bits per heavy atom. The van der Waals surface area contributed by atoms with Crippen LogP contribution in [0.2, 0.25) is 0 Å². The van der Waals surface area contributed by atoms with Crippen LogP contribution in [0, 0.1) is 11.8 Å². The molecule has 0 radical (unpaired) electrons. The van der Waals surface area contributed by atoms with Crippen LogP contribution in [0.15, 0.2) is 60.7 Å². The van der Waals surface area contributed by atoms with E-state index in [4.69, 9.17) is 0 Å². The van der Waals surface area contributed by atoms with Gasteiger partial charge in [0.1, 0.15) is 0 Å². The zero-order chi connectivity index (χ0) is 39.9. The van der Waals surface area contributed by atoms with Crippen molar-refractivity contribution in [1.82, 2.24) is 0 Å². The van der Waals surface area contributed by atoms with Gasteiger partial charge in [0.15, 0.2) is 0 Å². The van der Waals surface area contributed by atoms with Crippen molar-refractivity contribution in [3.8, 4) is 39.0 Å². The number of thiophene rings is 5. The van der Waals surface area contributed by atoms with Crippen LogP contribution in [-0.2, 0) is 12.8 Å². The van der Waals surface area contributed by atoms with Crippen molar-refractivity contribution in [2.75, 3.05) is 0 Å². The maximum atomic E-state index is 2.44. The lowest BCUT2D eigenvalue weighted by atomic mass is 9.91. The fraction of sp³-hybridized carbons (Fsp3) is 0.615. The summed E-state index contributed by atoms with van der Waals surface area (Å²) in [6.07, 6.45) is 36.1. The van der Waals surface area contributed by atoms with Gasteiger partial charge in [-0.15, -0.1) is 56.7 Å². The zero-order valence-electron chi connectivity index (χ0n) is 36.4. The molecule has 5 heterocycles. The Bertz CT molecular complexity index is 1620. The number of hydrogen-bond acceptors (Lipinski definition) is 5. The molecule has 0 amide bonds. The van der Waals surface area contributed by atoms with Gasteiger partial charge < -0.3 is 0 Å². The predicted molar refractivity (Wildman–Crippen MR) is 265 cm³/mol. The van der Waals surface area contributed by atoms with Crippen LogP contribution in [0.25, 0.3) is 39.0 Å². The molecule has 57 heavy (non-hydrogen) atoms. The van der Waals surface area contributed by atoms with Crippen LogP contribution in [0.5, 0.6) is 0 Å². The highest BCUT2D eigenvalue weighted by Crippen LogP contribution is 2.45. The van der Waals surface area contributed by atoms with Crippen molar-refractivity contribution >= 4 is 56.7 Å². The van der Waals surface area contributed by atoms with Crippen LogP contribution >= 0.6 is 56.7 Å². The van der Waals surface area contributed by atoms with E-state index in [1.807, 2.05) is 34.0 Å². The van der Waals surface area contributed by atoms with Crippen LogP contribution in [0.4, 0.5) is 0 Å². The van der Waals surface area contributed by atoms with E-state index in [-0.39, 0.29) is 0 Å². The Hall–Kier alpha value is -1.50. The highest BCUT2D eigenvalue weighted by atomic mass is 32.1. The van der Waals surface area contributed by atoms with Crippen LogP contribution < -0.4 is 0 Å². The first-order valence-electron chi connectivity index (χ1n) is 23.6. The van der Waals surface area contributed by atoms with Gasteiger partial charge in [0.2, 0.25) is 0 Å². The maximum Gasteiger partial charge on any atom is 0.0449 e. The van der Waals surface area contributed by atoms with Gasteiger partial charge in [-0.05, 0) is 85.3 Å². The van der Waals surface area contributed by atoms with Gasteiger partial charge in [0, 0.05) is 48.8 Å². The van der Waals surface area contributed by atoms with Gasteiger partial charge in [-0.3, -0.25) is 0 Å². The third-order valence-corrected chi connectivity index (χ3v) is 18.2. The van der Waals surface area contributed by atoms with Crippen molar-refractivity contribution in [2.24, 2.45) is 11.8 Å². The molecular weight excluding hydrogens is 785 g/mol. The smallest absolute Gasteiger partial charge is 0.0449 e. The third kappa shape index (κ3) is 16.5. The summed E-state index contributed by atoms with van der Waals surface area (Å²) in [6, 6.07) is 23.9. The summed E-state index contributed by atoms with van der Waals surface area (Å²) in [6.45, 7) is 9.30. The first-order chi connectivity index (χ1) is 28.1. The van der Waals surface area contributed by atoms with Gasteiger partial charge in [-0.2, -0.15) is 0 Å². The monoisotopic (exact) mass is 860 g/mol. The lowest BCUT2D eigenvalue weighted by Gasteiger charge is -2.16. The molecule has 5 aromatic heterocycles. The zero-order valence-corrected chi connectivity index (χ0v) is 40.4. The second-order valence-electron chi connectivity index (χ2n) is 17.0. The van der Waals surface area contributed by atoms with E-state index < -0.39 is 0 Å². The van der Waals surface area contributed by atoms with E-state index in [9.17, 15) is 0 Å². The van der Waals surface area contributed by atoms with Crippen molar-refractivity contribution < 1.29 is 0 Å². The van der Waals surface area contributed by atoms with Gasteiger partial charge in [0.05, 0.1) is 0 Å². The minimum absolute atomic E-state index is 0.847. The Morgan fingerprint density at radius 1 is 0.281 bits per heavy atom. The molecule has 0 saturated heterocycles. The SMILES string of the molecule is CCCCCCCCC(CCCCCC)Cc1ccc(-c2ccc(-c3ccc(-c4ccc(-c5ccc(CC(CCCCCC)CCCCCCCC)s5)s4)s3)s2)s1. The Morgan fingerprint density at radius 2 is 0.509 bits per heavy atom. The molecule has 0 nitrogen and oxygen atoms in total. The standard InChI is InChI=1S/C52H76S5/c1-5-9-13-17-19-23-27-41(25-21-15-11-7-3)39-43-29-31-45(53-43)47-33-35-49(55-47)51-37-38-52(57-51)50-36-34-48(56-50)46-32-30-44(54-46)40-42(26-22-16-12-8-4)28-24-20-18-14-10-6-2/h29-38,41-42H,5-28,39-40H2,1-4H3. The van der Waals surface area contributed by atoms with E-state index >= 15 is 0 Å². The topological polar surface area (TPSA) is 0 Å². The highest BCUT2D eigenvalue weighted by Gasteiger charge is 2.17. The van der Waals surface area contributed by atoms with Gasteiger partial charge in [0.25, 0.3) is 0 Å². The lowest BCUT2D eigenvalue weighted by Crippen LogP contribution is -2.04. The van der Waals surface area contributed by atoms with Gasteiger partial charge in [-0.25, -0.2) is 0 Å². The summed E-state index contributed by atoms with van der Waals surface area (Å²) in [5, 5.41) is 0. The van der Waals surface area contributed by atoms with E-state index in [0.717, 1.165) is 11.8 Å². The van der Waals surface area contributed by atoms with E-state index in [0.29, 0.717) is 0 Å². The highest BCUT2D eigenvalue weighted by molar-refractivity contribution is 7.29. The van der Waals surface area contributed by atoms with E-state index in [1.54, 1.807) is 9.75 Å². The second-order valence-corrected chi connectivity index (χ2v) is 22.6. The molecule has 0 N–H and O–H groups in total. The summed E-state index contributed by atoms with van der Waals surface area (Å²) in [5.74, 6) is 1.69. The quantitative estimate of drug-likeness (QED) is 0.0378. The molecule has 0 bridgehead atoms. The molecule has 0 aliphatic carbocycles. The first kappa shape index (κ1) is 46.6. The molecule has 0 aromatic carbocycles. The van der Waals surface area contributed by atoms with Gasteiger partial charge in [-0.1, -0.05) is 182 Å². The minimum atomic E-state index is 0.847. The molecule has 314 valence electrons. The number of hydrogen-bond donors (Lipinski definition) is 0. The molecule has 2 unspecified atom stereocenters. The van der Waals surface area contributed by atoms with Crippen molar-refractivity contribution in [1.29, 1.82) is 0 Å². The van der Waals surface area contributed by atoms with E-state index in [2.05, 4.69) is 111 Å². The van der Waals surface area contributed by atoms with Crippen molar-refractivity contribution in [3.05, 3.63) is 70.4 Å². The molecule has 5 rings (SSSR count). The van der Waals surface area contributed by atoms with Crippen LogP contribution in [0.3, 0.4) is 0 Å². The minimum Gasteiger partial charge on any atom is -0.139 e. The molecule has 5 aromatic rings. The van der Waals surface area contributed by atoms with Crippen LogP contribution in [-0.4, -0.2) is 0 Å². The molecule has 5 heteroatoms. The molecule has 0 spiro atoms. The summed E-state index contributed by atoms with van der Waals surface area (Å²) in [5.41, 5.74) is 0. The number of rotatable bonds is 32.